The van der Waals surface area contributed by atoms with E-state index < -0.39 is 4.92 Å². The van der Waals surface area contributed by atoms with Crippen molar-refractivity contribution in [1.82, 2.24) is 10.3 Å². The average molecular weight is 250 g/mol. The Morgan fingerprint density at radius 2 is 2.11 bits per heavy atom. The molecule has 6 nitrogen and oxygen atoms in total. The largest absolute Gasteiger partial charge is 0.356 e. The SMILES string of the molecule is CNC1(C)CCN(c2ccc([N+](=O)[O-])cn2)CC1. The van der Waals surface area contributed by atoms with Gasteiger partial charge in [-0.2, -0.15) is 0 Å². The van der Waals surface area contributed by atoms with Gasteiger partial charge >= 0.3 is 0 Å². The van der Waals surface area contributed by atoms with Crippen molar-refractivity contribution in [2.45, 2.75) is 25.3 Å². The molecule has 0 aliphatic carbocycles. The van der Waals surface area contributed by atoms with Gasteiger partial charge in [-0.1, -0.05) is 0 Å². The lowest BCUT2D eigenvalue weighted by atomic mass is 9.90. The number of piperidine rings is 1. The fourth-order valence-corrected chi connectivity index (χ4v) is 2.15. The van der Waals surface area contributed by atoms with E-state index in [1.807, 2.05) is 7.05 Å². The average Bonchev–Trinajstić information content (AvgIpc) is 2.40. The Morgan fingerprint density at radius 1 is 1.44 bits per heavy atom. The summed E-state index contributed by atoms with van der Waals surface area (Å²) >= 11 is 0. The molecular formula is C12H18N4O2. The minimum Gasteiger partial charge on any atom is -0.356 e. The van der Waals surface area contributed by atoms with Crippen LogP contribution in [-0.2, 0) is 0 Å². The van der Waals surface area contributed by atoms with Crippen LogP contribution in [-0.4, -0.2) is 35.6 Å². The lowest BCUT2D eigenvalue weighted by Crippen LogP contribution is -2.50. The standard InChI is InChI=1S/C12H18N4O2/c1-12(13-2)5-7-15(8-6-12)11-4-3-10(9-14-11)16(17)18/h3-4,9,13H,5-8H2,1-2H3. The minimum absolute atomic E-state index is 0.0378. The first-order valence-corrected chi connectivity index (χ1v) is 6.08. The Hall–Kier alpha value is -1.69. The second-order valence-corrected chi connectivity index (χ2v) is 4.93. The van der Waals surface area contributed by atoms with Crippen molar-refractivity contribution < 1.29 is 4.92 Å². The summed E-state index contributed by atoms with van der Waals surface area (Å²) in [5, 5.41) is 13.9. The predicted molar refractivity (Wildman–Crippen MR) is 69.8 cm³/mol. The molecule has 1 fully saturated rings. The number of aromatic nitrogens is 1. The molecule has 1 N–H and O–H groups in total. The van der Waals surface area contributed by atoms with Crippen LogP contribution < -0.4 is 10.2 Å². The molecule has 18 heavy (non-hydrogen) atoms. The molecular weight excluding hydrogens is 232 g/mol. The lowest BCUT2D eigenvalue weighted by Gasteiger charge is -2.39. The molecule has 1 aliphatic heterocycles. The first-order chi connectivity index (χ1) is 8.54. The van der Waals surface area contributed by atoms with Crippen molar-refractivity contribution in [2.24, 2.45) is 0 Å². The summed E-state index contributed by atoms with van der Waals surface area (Å²) < 4.78 is 0. The Bertz CT molecular complexity index is 424. The van der Waals surface area contributed by atoms with Crippen molar-refractivity contribution in [3.05, 3.63) is 28.4 Å². The van der Waals surface area contributed by atoms with E-state index in [2.05, 4.69) is 22.1 Å². The first kappa shape index (κ1) is 12.8. The molecule has 0 unspecified atom stereocenters. The van der Waals surface area contributed by atoms with Crippen LogP contribution in [0, 0.1) is 10.1 Å². The zero-order valence-electron chi connectivity index (χ0n) is 10.7. The van der Waals surface area contributed by atoms with Crippen LogP contribution in [0.1, 0.15) is 19.8 Å². The van der Waals surface area contributed by atoms with Gasteiger partial charge in [0.1, 0.15) is 12.0 Å². The van der Waals surface area contributed by atoms with Gasteiger partial charge in [0.05, 0.1) is 4.92 Å². The van der Waals surface area contributed by atoms with Crippen LogP contribution >= 0.6 is 0 Å². The summed E-state index contributed by atoms with van der Waals surface area (Å²) in [7, 11) is 1.99. The molecule has 6 heteroatoms. The van der Waals surface area contributed by atoms with Crippen molar-refractivity contribution in [3.63, 3.8) is 0 Å². The molecule has 0 radical (unpaired) electrons. The molecule has 1 aromatic rings. The van der Waals surface area contributed by atoms with Gasteiger partial charge in [-0.3, -0.25) is 10.1 Å². The van der Waals surface area contributed by atoms with Crippen LogP contribution in [0.5, 0.6) is 0 Å². The molecule has 1 saturated heterocycles. The number of rotatable bonds is 3. The summed E-state index contributed by atoms with van der Waals surface area (Å²) in [6, 6.07) is 3.23. The third kappa shape index (κ3) is 2.59. The van der Waals surface area contributed by atoms with Gasteiger partial charge < -0.3 is 10.2 Å². The monoisotopic (exact) mass is 250 g/mol. The van der Waals surface area contributed by atoms with Crippen LogP contribution in [0.3, 0.4) is 0 Å². The molecule has 2 rings (SSSR count). The molecule has 0 spiro atoms. The van der Waals surface area contributed by atoms with Crippen molar-refractivity contribution >= 4 is 11.5 Å². The summed E-state index contributed by atoms with van der Waals surface area (Å²) in [4.78, 5) is 16.5. The topological polar surface area (TPSA) is 71.3 Å². The predicted octanol–water partition coefficient (Wildman–Crippen LogP) is 1.57. The third-order valence-corrected chi connectivity index (χ3v) is 3.74. The van der Waals surface area contributed by atoms with E-state index in [1.165, 1.54) is 12.3 Å². The highest BCUT2D eigenvalue weighted by molar-refractivity contribution is 5.43. The highest BCUT2D eigenvalue weighted by Gasteiger charge is 2.28. The third-order valence-electron chi connectivity index (χ3n) is 3.74. The second-order valence-electron chi connectivity index (χ2n) is 4.93. The smallest absolute Gasteiger partial charge is 0.287 e. The molecule has 0 aromatic carbocycles. The zero-order valence-corrected chi connectivity index (χ0v) is 10.7. The van der Waals surface area contributed by atoms with E-state index >= 15 is 0 Å². The van der Waals surface area contributed by atoms with E-state index in [0.717, 1.165) is 31.7 Å². The summed E-state index contributed by atoms with van der Waals surface area (Å²) in [5.41, 5.74) is 0.230. The Labute approximate surface area is 106 Å². The molecule has 0 amide bonds. The maximum absolute atomic E-state index is 10.6. The van der Waals surface area contributed by atoms with Gasteiger partial charge in [0, 0.05) is 24.7 Å². The number of nitrogens with one attached hydrogen (secondary N) is 1. The first-order valence-electron chi connectivity index (χ1n) is 6.08. The second kappa shape index (κ2) is 4.89. The summed E-state index contributed by atoms with van der Waals surface area (Å²) in [6.07, 6.45) is 3.41. The number of hydrogen-bond donors (Lipinski definition) is 1. The number of hydrogen-bond acceptors (Lipinski definition) is 5. The van der Waals surface area contributed by atoms with Crippen LogP contribution in [0.25, 0.3) is 0 Å². The van der Waals surface area contributed by atoms with Crippen LogP contribution in [0.4, 0.5) is 11.5 Å². The highest BCUT2D eigenvalue weighted by Crippen LogP contribution is 2.25. The van der Waals surface area contributed by atoms with E-state index in [0.29, 0.717) is 0 Å². The van der Waals surface area contributed by atoms with Crippen molar-refractivity contribution in [2.75, 3.05) is 25.0 Å². The Morgan fingerprint density at radius 3 is 2.56 bits per heavy atom. The maximum Gasteiger partial charge on any atom is 0.287 e. The van der Waals surface area contributed by atoms with E-state index in [4.69, 9.17) is 0 Å². The molecule has 0 atom stereocenters. The van der Waals surface area contributed by atoms with Crippen molar-refractivity contribution in [3.8, 4) is 0 Å². The Balaban J connectivity index is 2.03. The summed E-state index contributed by atoms with van der Waals surface area (Å²) in [6.45, 7) is 4.05. The molecule has 0 bridgehead atoms. The van der Waals surface area contributed by atoms with Gasteiger partial charge in [-0.05, 0) is 32.9 Å². The molecule has 1 aromatic heterocycles. The van der Waals surface area contributed by atoms with E-state index in [-0.39, 0.29) is 11.2 Å². The van der Waals surface area contributed by atoms with Gasteiger partial charge in [0.25, 0.3) is 5.69 Å². The molecule has 98 valence electrons. The zero-order chi connectivity index (χ0) is 13.2. The lowest BCUT2D eigenvalue weighted by molar-refractivity contribution is -0.385. The highest BCUT2D eigenvalue weighted by atomic mass is 16.6. The van der Waals surface area contributed by atoms with Crippen LogP contribution in [0.2, 0.25) is 0 Å². The summed E-state index contributed by atoms with van der Waals surface area (Å²) in [5.74, 6) is 0.818. The fourth-order valence-electron chi connectivity index (χ4n) is 2.15. The molecule has 2 heterocycles. The van der Waals surface area contributed by atoms with E-state index in [1.54, 1.807) is 6.07 Å². The maximum atomic E-state index is 10.6. The number of nitro groups is 1. The van der Waals surface area contributed by atoms with Gasteiger partial charge in [-0.15, -0.1) is 0 Å². The van der Waals surface area contributed by atoms with E-state index in [9.17, 15) is 10.1 Å². The number of anilines is 1. The number of pyridine rings is 1. The normalized spacial score (nSPS) is 18.7. The van der Waals surface area contributed by atoms with Gasteiger partial charge in [0.15, 0.2) is 0 Å². The van der Waals surface area contributed by atoms with Crippen molar-refractivity contribution in [1.29, 1.82) is 0 Å². The fraction of sp³-hybridized carbons (Fsp3) is 0.583. The quantitative estimate of drug-likeness (QED) is 0.651. The number of nitrogens with zero attached hydrogens (tertiary/aromatic N) is 3. The Kier molecular flexibility index (Phi) is 3.47. The molecule has 0 saturated carbocycles. The molecule has 1 aliphatic rings. The van der Waals surface area contributed by atoms with Crippen LogP contribution in [0.15, 0.2) is 18.3 Å². The van der Waals surface area contributed by atoms with Gasteiger partial charge in [0.2, 0.25) is 0 Å². The minimum atomic E-state index is -0.426. The van der Waals surface area contributed by atoms with Gasteiger partial charge in [-0.25, -0.2) is 4.98 Å².